The van der Waals surface area contributed by atoms with Crippen molar-refractivity contribution >= 4 is 17.7 Å². The topological polar surface area (TPSA) is 54.3 Å². The Morgan fingerprint density at radius 1 is 0.969 bits per heavy atom. The van der Waals surface area contributed by atoms with Gasteiger partial charge in [-0.3, -0.25) is 9.36 Å². The molecule has 4 rings (SSSR count). The van der Waals surface area contributed by atoms with E-state index in [0.29, 0.717) is 35.3 Å². The second-order valence-electron chi connectivity index (χ2n) is 7.64. The molecule has 0 aliphatic carbocycles. The highest BCUT2D eigenvalue weighted by Crippen LogP contribution is 2.31. The number of aromatic nitrogens is 3. The van der Waals surface area contributed by atoms with Crippen molar-refractivity contribution in [2.24, 2.45) is 0 Å². The van der Waals surface area contributed by atoms with Gasteiger partial charge in [-0.05, 0) is 62.0 Å². The van der Waals surface area contributed by atoms with Gasteiger partial charge in [-0.2, -0.15) is 0 Å². The second kappa shape index (κ2) is 9.79. The van der Waals surface area contributed by atoms with Crippen LogP contribution in [-0.2, 0) is 4.79 Å². The number of halogens is 2. The second-order valence-corrected chi connectivity index (χ2v) is 8.95. The van der Waals surface area contributed by atoms with Gasteiger partial charge in [0.1, 0.15) is 11.6 Å². The number of piperazine rings is 1. The normalized spacial score (nSPS) is 15.7. The van der Waals surface area contributed by atoms with Gasteiger partial charge in [-0.1, -0.05) is 18.7 Å². The van der Waals surface area contributed by atoms with Crippen LogP contribution >= 0.6 is 11.8 Å². The van der Waals surface area contributed by atoms with E-state index in [1.54, 1.807) is 28.8 Å². The zero-order chi connectivity index (χ0) is 22.7. The van der Waals surface area contributed by atoms with Gasteiger partial charge in [0.15, 0.2) is 11.0 Å². The molecule has 0 N–H and O–H groups in total. The molecular formula is C23H25F2N5OS. The monoisotopic (exact) mass is 457 g/mol. The molecule has 2 aromatic carbocycles. The number of amides is 1. The van der Waals surface area contributed by atoms with Crippen LogP contribution in [0, 0.1) is 11.6 Å². The largest absolute Gasteiger partial charge is 0.339 e. The van der Waals surface area contributed by atoms with Gasteiger partial charge in [0.25, 0.3) is 0 Å². The maximum Gasteiger partial charge on any atom is 0.235 e. The van der Waals surface area contributed by atoms with E-state index in [2.05, 4.69) is 22.0 Å². The third-order valence-corrected chi connectivity index (χ3v) is 6.61. The van der Waals surface area contributed by atoms with Crippen molar-refractivity contribution in [1.29, 1.82) is 0 Å². The summed E-state index contributed by atoms with van der Waals surface area (Å²) >= 11 is 1.31. The number of rotatable bonds is 6. The van der Waals surface area contributed by atoms with Crippen LogP contribution in [0.25, 0.3) is 17.1 Å². The zero-order valence-electron chi connectivity index (χ0n) is 18.0. The van der Waals surface area contributed by atoms with Crippen LogP contribution in [0.1, 0.15) is 13.8 Å². The molecule has 1 amide bonds. The molecule has 1 fully saturated rings. The van der Waals surface area contributed by atoms with E-state index >= 15 is 0 Å². The van der Waals surface area contributed by atoms with Crippen molar-refractivity contribution in [3.8, 4) is 17.1 Å². The van der Waals surface area contributed by atoms with E-state index < -0.39 is 0 Å². The number of carbonyl (C=O) groups is 1. The molecule has 6 nitrogen and oxygen atoms in total. The van der Waals surface area contributed by atoms with Gasteiger partial charge in [-0.25, -0.2) is 8.78 Å². The molecule has 32 heavy (non-hydrogen) atoms. The first-order valence-corrected chi connectivity index (χ1v) is 11.5. The standard InChI is InChI=1S/C23H25F2N5OS/c1-3-28-12-14-29(15-13-28)22(31)16(2)32-23-27-26-21(17-4-6-18(24)7-5-17)30(23)20-10-8-19(25)9-11-20/h4-11,16H,3,12-15H2,1-2H3/t16-/m0/s1. The first-order chi connectivity index (χ1) is 15.5. The first-order valence-electron chi connectivity index (χ1n) is 10.6. The summed E-state index contributed by atoms with van der Waals surface area (Å²) in [4.78, 5) is 17.3. The summed E-state index contributed by atoms with van der Waals surface area (Å²) in [6, 6.07) is 11.9. The summed E-state index contributed by atoms with van der Waals surface area (Å²) in [6.07, 6.45) is 0. The van der Waals surface area contributed by atoms with E-state index in [0.717, 1.165) is 19.6 Å². The van der Waals surface area contributed by atoms with Gasteiger partial charge >= 0.3 is 0 Å². The SMILES string of the molecule is CCN1CCN(C(=O)[C@H](C)Sc2nnc(-c3ccc(F)cc3)n2-c2ccc(F)cc2)CC1. The van der Waals surface area contributed by atoms with E-state index in [-0.39, 0.29) is 22.8 Å². The van der Waals surface area contributed by atoms with Crippen LogP contribution in [0.5, 0.6) is 0 Å². The Morgan fingerprint density at radius 3 is 2.16 bits per heavy atom. The predicted octanol–water partition coefficient (Wildman–Crippen LogP) is 3.86. The molecular weight excluding hydrogens is 432 g/mol. The van der Waals surface area contributed by atoms with Crippen molar-refractivity contribution in [2.45, 2.75) is 24.3 Å². The van der Waals surface area contributed by atoms with Crippen molar-refractivity contribution in [2.75, 3.05) is 32.7 Å². The van der Waals surface area contributed by atoms with Crippen molar-refractivity contribution in [3.05, 3.63) is 60.2 Å². The van der Waals surface area contributed by atoms with Crippen molar-refractivity contribution in [1.82, 2.24) is 24.6 Å². The molecule has 3 aromatic rings. The number of benzene rings is 2. The Bertz CT molecular complexity index is 1060. The van der Waals surface area contributed by atoms with E-state index in [9.17, 15) is 13.6 Å². The van der Waals surface area contributed by atoms with Crippen LogP contribution in [0.15, 0.2) is 53.7 Å². The molecule has 9 heteroatoms. The minimum absolute atomic E-state index is 0.0581. The van der Waals surface area contributed by atoms with Crippen LogP contribution in [0.3, 0.4) is 0 Å². The Hall–Kier alpha value is -2.78. The number of carbonyl (C=O) groups excluding carboxylic acids is 1. The van der Waals surface area contributed by atoms with E-state index in [1.807, 2.05) is 11.8 Å². The van der Waals surface area contributed by atoms with Gasteiger partial charge in [0.2, 0.25) is 5.91 Å². The Balaban J connectivity index is 1.61. The maximum atomic E-state index is 13.5. The molecule has 0 radical (unpaired) electrons. The van der Waals surface area contributed by atoms with Crippen LogP contribution < -0.4 is 0 Å². The zero-order valence-corrected chi connectivity index (χ0v) is 18.9. The lowest BCUT2D eigenvalue weighted by Crippen LogP contribution is -2.50. The minimum atomic E-state index is -0.368. The number of thioether (sulfide) groups is 1. The summed E-state index contributed by atoms with van der Waals surface area (Å²) in [6.45, 7) is 8.14. The molecule has 0 unspecified atom stereocenters. The van der Waals surface area contributed by atoms with Crippen LogP contribution in [0.2, 0.25) is 0 Å². The summed E-state index contributed by atoms with van der Waals surface area (Å²) in [7, 11) is 0. The van der Waals surface area contributed by atoms with Gasteiger partial charge in [0.05, 0.1) is 5.25 Å². The number of nitrogens with zero attached hydrogens (tertiary/aromatic N) is 5. The summed E-state index contributed by atoms with van der Waals surface area (Å²) in [5.41, 5.74) is 1.33. The summed E-state index contributed by atoms with van der Waals surface area (Å²) < 4.78 is 28.7. The quantitative estimate of drug-likeness (QED) is 0.526. The highest BCUT2D eigenvalue weighted by atomic mass is 32.2. The summed E-state index contributed by atoms with van der Waals surface area (Å²) in [5, 5.41) is 8.77. The Kier molecular flexibility index (Phi) is 6.86. The highest BCUT2D eigenvalue weighted by molar-refractivity contribution is 8.00. The van der Waals surface area contributed by atoms with Crippen LogP contribution in [-0.4, -0.2) is 68.4 Å². The molecule has 1 saturated heterocycles. The van der Waals surface area contributed by atoms with Crippen molar-refractivity contribution < 1.29 is 13.6 Å². The molecule has 0 saturated carbocycles. The van der Waals surface area contributed by atoms with Crippen LogP contribution in [0.4, 0.5) is 8.78 Å². The lowest BCUT2D eigenvalue weighted by Gasteiger charge is -2.35. The predicted molar refractivity (Wildman–Crippen MR) is 121 cm³/mol. The van der Waals surface area contributed by atoms with E-state index in [4.69, 9.17) is 0 Å². The summed E-state index contributed by atoms with van der Waals surface area (Å²) in [5.74, 6) is -0.147. The van der Waals surface area contributed by atoms with Gasteiger partial charge in [0, 0.05) is 37.4 Å². The average molecular weight is 458 g/mol. The number of hydrogen-bond donors (Lipinski definition) is 0. The highest BCUT2D eigenvalue weighted by Gasteiger charge is 2.27. The Labute approximate surface area is 190 Å². The number of hydrogen-bond acceptors (Lipinski definition) is 5. The molecule has 168 valence electrons. The third-order valence-electron chi connectivity index (χ3n) is 5.58. The lowest BCUT2D eigenvalue weighted by molar-refractivity contribution is -0.132. The first kappa shape index (κ1) is 22.4. The fourth-order valence-electron chi connectivity index (χ4n) is 3.71. The molecule has 1 atom stereocenters. The smallest absolute Gasteiger partial charge is 0.235 e. The molecule has 1 aliphatic heterocycles. The number of likely N-dealkylation sites (N-methyl/N-ethyl adjacent to an activating group) is 1. The fraction of sp³-hybridized carbons (Fsp3) is 0.348. The molecule has 1 aliphatic rings. The van der Waals surface area contributed by atoms with Crippen molar-refractivity contribution in [3.63, 3.8) is 0 Å². The van der Waals surface area contributed by atoms with Gasteiger partial charge in [-0.15, -0.1) is 10.2 Å². The van der Waals surface area contributed by atoms with Gasteiger partial charge < -0.3 is 9.80 Å². The minimum Gasteiger partial charge on any atom is -0.339 e. The van der Waals surface area contributed by atoms with E-state index in [1.165, 1.54) is 36.0 Å². The average Bonchev–Trinajstić information content (AvgIpc) is 3.23. The third kappa shape index (κ3) is 4.83. The molecule has 0 bridgehead atoms. The fourth-order valence-corrected chi connectivity index (χ4v) is 4.66. The maximum absolute atomic E-state index is 13.5. The Morgan fingerprint density at radius 2 is 1.56 bits per heavy atom. The molecule has 0 spiro atoms. The molecule has 1 aromatic heterocycles. The molecule has 2 heterocycles. The lowest BCUT2D eigenvalue weighted by atomic mass is 10.2.